The van der Waals surface area contributed by atoms with Crippen LogP contribution in [0.4, 0.5) is 0 Å². The van der Waals surface area contributed by atoms with Gasteiger partial charge in [0.1, 0.15) is 5.75 Å². The number of nitrogens with one attached hydrogen (secondary N) is 1. The van der Waals surface area contributed by atoms with Crippen LogP contribution < -0.4 is 4.74 Å². The molecule has 0 amide bonds. The number of hydrogen-bond acceptors (Lipinski definition) is 3. The summed E-state index contributed by atoms with van der Waals surface area (Å²) >= 11 is 0. The van der Waals surface area contributed by atoms with E-state index in [0.717, 1.165) is 37.7 Å². The minimum Gasteiger partial charge on any atom is -0.494 e. The van der Waals surface area contributed by atoms with Crippen LogP contribution >= 0.6 is 0 Å². The Labute approximate surface area is 138 Å². The summed E-state index contributed by atoms with van der Waals surface area (Å²) in [6.45, 7) is 6.46. The van der Waals surface area contributed by atoms with E-state index in [4.69, 9.17) is 4.74 Å². The Morgan fingerprint density at radius 2 is 2.00 bits per heavy atom. The van der Waals surface area contributed by atoms with Crippen molar-refractivity contribution in [3.05, 3.63) is 48.0 Å². The molecule has 0 saturated carbocycles. The van der Waals surface area contributed by atoms with Gasteiger partial charge >= 0.3 is 0 Å². The first-order valence-electron chi connectivity index (χ1n) is 8.68. The molecule has 2 heterocycles. The summed E-state index contributed by atoms with van der Waals surface area (Å²) in [7, 11) is 0. The van der Waals surface area contributed by atoms with Gasteiger partial charge in [-0.15, -0.1) is 0 Å². The molecule has 124 valence electrons. The molecule has 0 aliphatic carbocycles. The van der Waals surface area contributed by atoms with Crippen molar-refractivity contribution in [2.75, 3.05) is 26.2 Å². The van der Waals surface area contributed by atoms with Crippen molar-refractivity contribution in [3.8, 4) is 5.75 Å². The zero-order valence-corrected chi connectivity index (χ0v) is 14.0. The molecule has 0 radical (unpaired) electrons. The van der Waals surface area contributed by atoms with Gasteiger partial charge in [-0.2, -0.15) is 0 Å². The van der Waals surface area contributed by atoms with Crippen molar-refractivity contribution in [1.29, 1.82) is 0 Å². The average Bonchev–Trinajstić information content (AvgIpc) is 3.08. The Kier molecular flexibility index (Phi) is 5.70. The molecule has 0 atom stereocenters. The number of piperidine rings is 1. The molecule has 1 N–H and O–H groups in total. The summed E-state index contributed by atoms with van der Waals surface area (Å²) < 4.78 is 5.81. The van der Waals surface area contributed by atoms with E-state index < -0.39 is 0 Å². The number of H-pyrrole nitrogens is 1. The zero-order chi connectivity index (χ0) is 15.9. The molecule has 1 fully saturated rings. The van der Waals surface area contributed by atoms with Gasteiger partial charge in [-0.05, 0) is 63.7 Å². The van der Waals surface area contributed by atoms with Crippen molar-refractivity contribution in [1.82, 2.24) is 14.9 Å². The van der Waals surface area contributed by atoms with Gasteiger partial charge in [-0.25, -0.2) is 4.98 Å². The predicted molar refractivity (Wildman–Crippen MR) is 92.7 cm³/mol. The fourth-order valence-electron chi connectivity index (χ4n) is 3.23. The molecule has 1 saturated heterocycles. The number of benzene rings is 1. The molecule has 0 bridgehead atoms. The highest BCUT2D eigenvalue weighted by Gasteiger charge is 2.19. The Morgan fingerprint density at radius 1 is 1.22 bits per heavy atom. The first-order chi connectivity index (χ1) is 11.3. The molecule has 1 aliphatic rings. The number of aromatic nitrogens is 2. The van der Waals surface area contributed by atoms with Crippen LogP contribution in [0.15, 0.2) is 36.8 Å². The molecule has 3 rings (SSSR count). The molecular formula is C19H27N3O. The first kappa shape index (κ1) is 16.1. The fraction of sp³-hybridized carbons (Fsp3) is 0.526. The number of imidazole rings is 1. The van der Waals surface area contributed by atoms with Crippen LogP contribution in [0.1, 0.15) is 30.5 Å². The third-order valence-electron chi connectivity index (χ3n) is 4.68. The lowest BCUT2D eigenvalue weighted by Crippen LogP contribution is -2.35. The van der Waals surface area contributed by atoms with Gasteiger partial charge in [0.25, 0.3) is 0 Å². The molecule has 1 aromatic heterocycles. The minimum absolute atomic E-state index is 0.801. The Balaban J connectivity index is 1.29. The van der Waals surface area contributed by atoms with Crippen molar-refractivity contribution in [2.24, 2.45) is 5.92 Å². The van der Waals surface area contributed by atoms with E-state index in [2.05, 4.69) is 46.1 Å². The summed E-state index contributed by atoms with van der Waals surface area (Å²) in [5.74, 6) is 1.78. The minimum atomic E-state index is 0.801. The van der Waals surface area contributed by atoms with Crippen LogP contribution in [0.2, 0.25) is 0 Å². The monoisotopic (exact) mass is 313 g/mol. The zero-order valence-electron chi connectivity index (χ0n) is 14.0. The van der Waals surface area contributed by atoms with Gasteiger partial charge in [0.15, 0.2) is 0 Å². The smallest absolute Gasteiger partial charge is 0.119 e. The number of ether oxygens (including phenoxy) is 1. The molecule has 1 aliphatic heterocycles. The normalized spacial score (nSPS) is 16.6. The van der Waals surface area contributed by atoms with E-state index in [1.54, 1.807) is 6.33 Å². The third-order valence-corrected chi connectivity index (χ3v) is 4.68. The van der Waals surface area contributed by atoms with E-state index >= 15 is 0 Å². The fourth-order valence-corrected chi connectivity index (χ4v) is 3.23. The van der Waals surface area contributed by atoms with Crippen LogP contribution in [0, 0.1) is 12.8 Å². The van der Waals surface area contributed by atoms with Crippen molar-refractivity contribution < 1.29 is 4.74 Å². The van der Waals surface area contributed by atoms with Gasteiger partial charge in [0, 0.05) is 18.4 Å². The summed E-state index contributed by atoms with van der Waals surface area (Å²) in [6.07, 6.45) is 8.55. The first-order valence-corrected chi connectivity index (χ1v) is 8.68. The SMILES string of the molecule is Cc1ccc(OCCCN2CCC(Cc3cnc[nH]3)CC2)cc1. The molecular weight excluding hydrogens is 286 g/mol. The number of aryl methyl sites for hydroxylation is 1. The van der Waals surface area contributed by atoms with Crippen LogP contribution in [0.5, 0.6) is 5.75 Å². The Bertz CT molecular complexity index is 557. The second kappa shape index (κ2) is 8.16. The largest absolute Gasteiger partial charge is 0.494 e. The van der Waals surface area contributed by atoms with Crippen molar-refractivity contribution in [3.63, 3.8) is 0 Å². The topological polar surface area (TPSA) is 41.1 Å². The van der Waals surface area contributed by atoms with Gasteiger partial charge in [-0.3, -0.25) is 0 Å². The van der Waals surface area contributed by atoms with E-state index in [1.165, 1.54) is 37.2 Å². The number of hydrogen-bond donors (Lipinski definition) is 1. The maximum Gasteiger partial charge on any atom is 0.119 e. The lowest BCUT2D eigenvalue weighted by molar-refractivity contribution is 0.170. The third kappa shape index (κ3) is 5.10. The highest BCUT2D eigenvalue weighted by Crippen LogP contribution is 2.21. The highest BCUT2D eigenvalue weighted by atomic mass is 16.5. The van der Waals surface area contributed by atoms with E-state index in [0.29, 0.717) is 0 Å². The molecule has 4 heteroatoms. The summed E-state index contributed by atoms with van der Waals surface area (Å²) in [5.41, 5.74) is 2.55. The standard InChI is InChI=1S/C19H27N3O/c1-16-3-5-19(6-4-16)23-12-2-9-22-10-7-17(8-11-22)13-18-14-20-15-21-18/h3-6,14-15,17H,2,7-13H2,1H3,(H,20,21). The van der Waals surface area contributed by atoms with E-state index in [9.17, 15) is 0 Å². The lowest BCUT2D eigenvalue weighted by atomic mass is 9.92. The lowest BCUT2D eigenvalue weighted by Gasteiger charge is -2.31. The Morgan fingerprint density at radius 3 is 2.70 bits per heavy atom. The van der Waals surface area contributed by atoms with Crippen LogP contribution in [-0.2, 0) is 6.42 Å². The van der Waals surface area contributed by atoms with Gasteiger partial charge in [-0.1, -0.05) is 17.7 Å². The molecule has 4 nitrogen and oxygen atoms in total. The van der Waals surface area contributed by atoms with Crippen LogP contribution in [0.25, 0.3) is 0 Å². The molecule has 2 aromatic rings. The van der Waals surface area contributed by atoms with Gasteiger partial charge in [0.2, 0.25) is 0 Å². The molecule has 1 aromatic carbocycles. The Hall–Kier alpha value is -1.81. The van der Waals surface area contributed by atoms with Crippen molar-refractivity contribution >= 4 is 0 Å². The summed E-state index contributed by atoms with van der Waals surface area (Å²) in [6, 6.07) is 8.30. The van der Waals surface area contributed by atoms with Gasteiger partial charge < -0.3 is 14.6 Å². The highest BCUT2D eigenvalue weighted by molar-refractivity contribution is 5.26. The maximum absolute atomic E-state index is 5.81. The maximum atomic E-state index is 5.81. The van der Waals surface area contributed by atoms with Crippen LogP contribution in [-0.4, -0.2) is 41.1 Å². The van der Waals surface area contributed by atoms with Crippen molar-refractivity contribution in [2.45, 2.75) is 32.6 Å². The average molecular weight is 313 g/mol. The molecule has 0 unspecified atom stereocenters. The second-order valence-corrected chi connectivity index (χ2v) is 6.58. The molecule has 23 heavy (non-hydrogen) atoms. The number of aromatic amines is 1. The summed E-state index contributed by atoms with van der Waals surface area (Å²) in [4.78, 5) is 9.89. The van der Waals surface area contributed by atoms with Gasteiger partial charge in [0.05, 0.1) is 12.9 Å². The van der Waals surface area contributed by atoms with E-state index in [-0.39, 0.29) is 0 Å². The number of nitrogens with zero attached hydrogens (tertiary/aromatic N) is 2. The predicted octanol–water partition coefficient (Wildman–Crippen LogP) is 3.44. The second-order valence-electron chi connectivity index (χ2n) is 6.58. The quantitative estimate of drug-likeness (QED) is 0.796. The number of likely N-dealkylation sites (tertiary alicyclic amines) is 1. The summed E-state index contributed by atoms with van der Waals surface area (Å²) in [5, 5.41) is 0. The number of rotatable bonds is 7. The molecule has 0 spiro atoms. The van der Waals surface area contributed by atoms with Crippen LogP contribution in [0.3, 0.4) is 0 Å². The van der Waals surface area contributed by atoms with E-state index in [1.807, 2.05) is 6.20 Å².